The molecule has 0 amide bonds. The van der Waals surface area contributed by atoms with Gasteiger partial charge in [0.05, 0.1) is 0 Å². The van der Waals surface area contributed by atoms with Crippen LogP contribution >= 0.6 is 0 Å². The van der Waals surface area contributed by atoms with E-state index in [1.54, 1.807) is 0 Å². The molecule has 0 saturated carbocycles. The van der Waals surface area contributed by atoms with Crippen LogP contribution < -0.4 is 0 Å². The Morgan fingerprint density at radius 2 is 2.30 bits per heavy atom. The van der Waals surface area contributed by atoms with Crippen LogP contribution in [0, 0.1) is 5.21 Å². The van der Waals surface area contributed by atoms with Crippen LogP contribution in [0.3, 0.4) is 0 Å². The van der Waals surface area contributed by atoms with E-state index in [4.69, 9.17) is 5.26 Å². The minimum Gasteiger partial charge on any atom is -0.783 e. The molecule has 1 aliphatic rings. The first kappa shape index (κ1) is 7.94. The van der Waals surface area contributed by atoms with Gasteiger partial charge in [0, 0.05) is 5.54 Å². The van der Waals surface area contributed by atoms with Gasteiger partial charge in [0.15, 0.2) is 0 Å². The maximum absolute atomic E-state index is 11.1. The van der Waals surface area contributed by atoms with Crippen LogP contribution in [0.25, 0.3) is 0 Å². The molecule has 4 nitrogen and oxygen atoms in total. The molecule has 1 N–H and O–H groups in total. The van der Waals surface area contributed by atoms with Crippen LogP contribution in [-0.2, 0) is 4.89 Å². The van der Waals surface area contributed by atoms with Gasteiger partial charge in [0.1, 0.15) is 6.23 Å². The monoisotopic (exact) mass is 146 g/mol. The summed E-state index contributed by atoms with van der Waals surface area (Å²) in [7, 11) is 0. The minimum absolute atomic E-state index is 0.382. The maximum Gasteiger partial charge on any atom is 0.135 e. The van der Waals surface area contributed by atoms with Gasteiger partial charge in [-0.2, -0.15) is 0 Å². The molecule has 1 atom stereocenters. The molecule has 0 aromatic heterocycles. The first-order valence-corrected chi connectivity index (χ1v) is 3.34. The van der Waals surface area contributed by atoms with E-state index in [0.29, 0.717) is 6.42 Å². The Bertz CT molecular complexity index is 126. The van der Waals surface area contributed by atoms with Crippen LogP contribution in [-0.4, -0.2) is 22.1 Å². The van der Waals surface area contributed by atoms with Crippen molar-refractivity contribution in [2.45, 2.75) is 38.5 Å². The Kier molecular flexibility index (Phi) is 1.96. The van der Waals surface area contributed by atoms with Crippen molar-refractivity contribution >= 4 is 0 Å². The molecule has 0 radical (unpaired) electrons. The van der Waals surface area contributed by atoms with Crippen molar-refractivity contribution in [3.63, 3.8) is 0 Å². The molecule has 1 aliphatic heterocycles. The molecule has 0 aliphatic carbocycles. The van der Waals surface area contributed by atoms with Gasteiger partial charge in [0.25, 0.3) is 0 Å². The van der Waals surface area contributed by atoms with Crippen molar-refractivity contribution in [2.24, 2.45) is 0 Å². The minimum atomic E-state index is -0.657. The molecule has 0 aromatic carbocycles. The van der Waals surface area contributed by atoms with Gasteiger partial charge in [-0.1, -0.05) is 0 Å². The van der Waals surface area contributed by atoms with E-state index < -0.39 is 6.23 Å². The van der Waals surface area contributed by atoms with E-state index in [9.17, 15) is 5.21 Å². The molecule has 1 fully saturated rings. The molecule has 0 aromatic rings. The third-order valence-electron chi connectivity index (χ3n) is 1.98. The van der Waals surface area contributed by atoms with Crippen molar-refractivity contribution < 1.29 is 10.1 Å². The lowest BCUT2D eigenvalue weighted by Crippen LogP contribution is -2.38. The smallest absolute Gasteiger partial charge is 0.135 e. The van der Waals surface area contributed by atoms with E-state index >= 15 is 0 Å². The first-order chi connectivity index (χ1) is 4.58. The summed E-state index contributed by atoms with van der Waals surface area (Å²) >= 11 is 0. The van der Waals surface area contributed by atoms with Gasteiger partial charge < -0.3 is 10.3 Å². The molecule has 0 spiro atoms. The van der Waals surface area contributed by atoms with Crippen LogP contribution in [0.2, 0.25) is 0 Å². The number of hydroxylamine groups is 2. The third kappa shape index (κ3) is 1.15. The highest BCUT2D eigenvalue weighted by Crippen LogP contribution is 2.31. The molecule has 4 heteroatoms. The molecular weight excluding hydrogens is 134 g/mol. The molecular formula is C6H12NO3-. The lowest BCUT2D eigenvalue weighted by atomic mass is 10.0. The topological polar surface area (TPSA) is 55.8 Å². The maximum atomic E-state index is 11.1. The van der Waals surface area contributed by atoms with E-state index in [-0.39, 0.29) is 5.54 Å². The molecule has 1 unspecified atom stereocenters. The third-order valence-corrected chi connectivity index (χ3v) is 1.98. The predicted octanol–water partition coefficient (Wildman–Crippen LogP) is 1.17. The quantitative estimate of drug-likeness (QED) is 0.445. The molecule has 1 heterocycles. The van der Waals surface area contributed by atoms with E-state index in [1.807, 2.05) is 13.8 Å². The summed E-state index contributed by atoms with van der Waals surface area (Å²) < 4.78 is 0. The first-order valence-electron chi connectivity index (χ1n) is 3.34. The van der Waals surface area contributed by atoms with Gasteiger partial charge in [-0.25, -0.2) is 4.89 Å². The normalized spacial score (nSPS) is 33.0. The summed E-state index contributed by atoms with van der Waals surface area (Å²) in [4.78, 5) is 3.97. The summed E-state index contributed by atoms with van der Waals surface area (Å²) in [6.07, 6.45) is 0.712. The highest BCUT2D eigenvalue weighted by Gasteiger charge is 2.33. The largest absolute Gasteiger partial charge is 0.783 e. The van der Waals surface area contributed by atoms with Crippen LogP contribution in [0.4, 0.5) is 0 Å². The Labute approximate surface area is 59.9 Å². The fraction of sp³-hybridized carbons (Fsp3) is 1.00. The summed E-state index contributed by atoms with van der Waals surface area (Å²) in [6, 6.07) is 0. The van der Waals surface area contributed by atoms with Crippen molar-refractivity contribution in [3.8, 4) is 0 Å². The molecule has 10 heavy (non-hydrogen) atoms. The fourth-order valence-electron chi connectivity index (χ4n) is 1.19. The average Bonchev–Trinajstić information content (AvgIpc) is 2.10. The average molecular weight is 146 g/mol. The second-order valence-corrected chi connectivity index (χ2v) is 3.24. The van der Waals surface area contributed by atoms with Gasteiger partial charge in [-0.15, -0.1) is 0 Å². The SMILES string of the molecule is CC1(C)CCC(OO)N1[O-]. The molecule has 1 saturated heterocycles. The van der Waals surface area contributed by atoms with Crippen LogP contribution in [0.5, 0.6) is 0 Å². The van der Waals surface area contributed by atoms with Crippen molar-refractivity contribution in [1.82, 2.24) is 5.06 Å². The van der Waals surface area contributed by atoms with E-state index in [2.05, 4.69) is 4.89 Å². The van der Waals surface area contributed by atoms with Gasteiger partial charge in [-0.05, 0) is 26.7 Å². The number of hydrogen-bond donors (Lipinski definition) is 1. The summed E-state index contributed by atoms with van der Waals surface area (Å²) in [6.45, 7) is 3.66. The number of rotatable bonds is 1. The highest BCUT2D eigenvalue weighted by molar-refractivity contribution is 4.90. The standard InChI is InChI=1S/C6H12NO3/c1-6(2)4-3-5(10-9)7(6)8/h5,9H,3-4H2,1-2H3/q-1. The summed E-state index contributed by atoms with van der Waals surface area (Å²) in [5, 5.41) is 20.1. The van der Waals surface area contributed by atoms with E-state index in [0.717, 1.165) is 11.5 Å². The van der Waals surface area contributed by atoms with Crippen LogP contribution in [0.1, 0.15) is 26.7 Å². The fourth-order valence-corrected chi connectivity index (χ4v) is 1.19. The molecule has 0 bridgehead atoms. The van der Waals surface area contributed by atoms with Crippen LogP contribution in [0.15, 0.2) is 0 Å². The number of nitrogens with zero attached hydrogens (tertiary/aromatic N) is 1. The zero-order chi connectivity index (χ0) is 7.78. The van der Waals surface area contributed by atoms with Gasteiger partial charge >= 0.3 is 0 Å². The Balaban J connectivity index is 2.58. The number of hydrogen-bond acceptors (Lipinski definition) is 4. The Hall–Kier alpha value is -0.160. The lowest BCUT2D eigenvalue weighted by Gasteiger charge is -2.39. The summed E-state index contributed by atoms with van der Waals surface area (Å²) in [5.41, 5.74) is -0.382. The van der Waals surface area contributed by atoms with Crippen molar-refractivity contribution in [3.05, 3.63) is 5.21 Å². The molecule has 60 valence electrons. The summed E-state index contributed by atoms with van der Waals surface area (Å²) in [5.74, 6) is 0. The van der Waals surface area contributed by atoms with Gasteiger partial charge in [-0.3, -0.25) is 5.26 Å². The zero-order valence-corrected chi connectivity index (χ0v) is 6.20. The van der Waals surface area contributed by atoms with Crippen molar-refractivity contribution in [1.29, 1.82) is 0 Å². The Morgan fingerprint density at radius 3 is 2.50 bits per heavy atom. The van der Waals surface area contributed by atoms with Gasteiger partial charge in [0.2, 0.25) is 0 Å². The lowest BCUT2D eigenvalue weighted by molar-refractivity contribution is -0.304. The predicted molar refractivity (Wildman–Crippen MR) is 36.0 cm³/mol. The second kappa shape index (κ2) is 2.47. The van der Waals surface area contributed by atoms with E-state index in [1.165, 1.54) is 0 Å². The van der Waals surface area contributed by atoms with Crippen molar-refractivity contribution in [2.75, 3.05) is 0 Å². The Morgan fingerprint density at radius 1 is 1.70 bits per heavy atom. The highest BCUT2D eigenvalue weighted by atomic mass is 17.1. The molecule has 1 rings (SSSR count). The zero-order valence-electron chi connectivity index (χ0n) is 6.20. The second-order valence-electron chi connectivity index (χ2n) is 3.24.